The van der Waals surface area contributed by atoms with Crippen molar-refractivity contribution in [1.82, 2.24) is 10.6 Å². The minimum atomic E-state index is 0.621. The second-order valence-corrected chi connectivity index (χ2v) is 7.28. The van der Waals surface area contributed by atoms with E-state index in [4.69, 9.17) is 0 Å². The maximum Gasteiger partial charge on any atom is 0.191 e. The van der Waals surface area contributed by atoms with E-state index in [0.717, 1.165) is 36.8 Å². The van der Waals surface area contributed by atoms with Crippen molar-refractivity contribution in [3.05, 3.63) is 0 Å². The van der Waals surface area contributed by atoms with Crippen LogP contribution in [0.4, 0.5) is 0 Å². The normalized spacial score (nSPS) is 45.6. The van der Waals surface area contributed by atoms with Gasteiger partial charge in [-0.05, 0) is 68.1 Å². The molecule has 5 aliphatic rings. The lowest BCUT2D eigenvalue weighted by atomic mass is 9.49. The summed E-state index contributed by atoms with van der Waals surface area (Å²) in [6.45, 7) is 3.26. The quantitative estimate of drug-likeness (QED) is 0.784. The molecule has 100 valence electrons. The summed E-state index contributed by atoms with van der Waals surface area (Å²) in [5.74, 6) is 4.23. The fourth-order valence-corrected chi connectivity index (χ4v) is 5.43. The Morgan fingerprint density at radius 3 is 2.33 bits per heavy atom. The standard InChI is InChI=1S/C15H25N3/c1-2-16-14(17-3-1)18-10-15-7-11-4-12(8-15)6-13(5-11)9-15/h11-13H,1-10H2,(H2,16,17,18). The van der Waals surface area contributed by atoms with E-state index in [1.54, 1.807) is 0 Å². The Morgan fingerprint density at radius 1 is 1.11 bits per heavy atom. The van der Waals surface area contributed by atoms with Gasteiger partial charge in [0.15, 0.2) is 5.96 Å². The molecule has 3 nitrogen and oxygen atoms in total. The van der Waals surface area contributed by atoms with E-state index in [1.165, 1.54) is 51.5 Å². The summed E-state index contributed by atoms with van der Waals surface area (Å²) in [6, 6.07) is 0. The van der Waals surface area contributed by atoms with Crippen LogP contribution in [0.5, 0.6) is 0 Å². The lowest BCUT2D eigenvalue weighted by molar-refractivity contribution is -0.0492. The van der Waals surface area contributed by atoms with Gasteiger partial charge in [-0.3, -0.25) is 4.99 Å². The molecule has 0 atom stereocenters. The van der Waals surface area contributed by atoms with Crippen molar-refractivity contribution in [2.45, 2.75) is 44.9 Å². The van der Waals surface area contributed by atoms with Crippen LogP contribution in [0.1, 0.15) is 44.9 Å². The van der Waals surface area contributed by atoms with Crippen molar-refractivity contribution in [3.63, 3.8) is 0 Å². The van der Waals surface area contributed by atoms with Crippen LogP contribution in [0.2, 0.25) is 0 Å². The molecule has 0 spiro atoms. The van der Waals surface area contributed by atoms with Gasteiger partial charge in [-0.1, -0.05) is 0 Å². The second kappa shape index (κ2) is 4.14. The highest BCUT2D eigenvalue weighted by Crippen LogP contribution is 2.59. The van der Waals surface area contributed by atoms with Crippen LogP contribution in [0.15, 0.2) is 4.99 Å². The number of nitrogens with one attached hydrogen (secondary N) is 2. The molecule has 0 amide bonds. The van der Waals surface area contributed by atoms with E-state index in [0.29, 0.717) is 5.41 Å². The summed E-state index contributed by atoms with van der Waals surface area (Å²) in [6.07, 6.45) is 10.3. The van der Waals surface area contributed by atoms with E-state index in [1.807, 2.05) is 0 Å². The zero-order chi connectivity index (χ0) is 12.0. The van der Waals surface area contributed by atoms with Gasteiger partial charge in [0, 0.05) is 19.6 Å². The first-order chi connectivity index (χ1) is 8.81. The summed E-state index contributed by atoms with van der Waals surface area (Å²) in [5, 5.41) is 7.01. The van der Waals surface area contributed by atoms with Gasteiger partial charge in [0.1, 0.15) is 0 Å². The van der Waals surface area contributed by atoms with Gasteiger partial charge in [0.2, 0.25) is 0 Å². The first-order valence-corrected chi connectivity index (χ1v) is 7.84. The number of guanidine groups is 1. The molecular weight excluding hydrogens is 222 g/mol. The molecule has 0 aromatic heterocycles. The van der Waals surface area contributed by atoms with Crippen LogP contribution in [-0.4, -0.2) is 25.6 Å². The van der Waals surface area contributed by atoms with Gasteiger partial charge in [0.25, 0.3) is 0 Å². The Balaban J connectivity index is 1.43. The third-order valence-electron chi connectivity index (χ3n) is 5.69. The third kappa shape index (κ3) is 1.92. The topological polar surface area (TPSA) is 36.4 Å². The summed E-state index contributed by atoms with van der Waals surface area (Å²) in [5.41, 5.74) is 0.621. The molecule has 4 bridgehead atoms. The fraction of sp³-hybridized carbons (Fsp3) is 0.933. The van der Waals surface area contributed by atoms with E-state index in [2.05, 4.69) is 15.6 Å². The summed E-state index contributed by atoms with van der Waals surface area (Å²) in [4.78, 5) is 4.54. The van der Waals surface area contributed by atoms with Gasteiger partial charge >= 0.3 is 0 Å². The highest BCUT2D eigenvalue weighted by molar-refractivity contribution is 5.80. The monoisotopic (exact) mass is 247 g/mol. The van der Waals surface area contributed by atoms with Crippen LogP contribution >= 0.6 is 0 Å². The zero-order valence-corrected chi connectivity index (χ0v) is 11.3. The second-order valence-electron chi connectivity index (χ2n) is 7.28. The first-order valence-electron chi connectivity index (χ1n) is 7.84. The molecule has 0 unspecified atom stereocenters. The van der Waals surface area contributed by atoms with Crippen molar-refractivity contribution in [1.29, 1.82) is 0 Å². The number of hydrogen-bond acceptors (Lipinski definition) is 3. The predicted octanol–water partition coefficient (Wildman–Crippen LogP) is 2.14. The minimum Gasteiger partial charge on any atom is -0.356 e. The van der Waals surface area contributed by atoms with Crippen LogP contribution in [0.25, 0.3) is 0 Å². The van der Waals surface area contributed by atoms with Crippen molar-refractivity contribution in [2.24, 2.45) is 28.2 Å². The molecule has 2 N–H and O–H groups in total. The zero-order valence-electron chi connectivity index (χ0n) is 11.3. The molecule has 4 fully saturated rings. The third-order valence-corrected chi connectivity index (χ3v) is 5.69. The minimum absolute atomic E-state index is 0.621. The maximum atomic E-state index is 4.54. The smallest absolute Gasteiger partial charge is 0.191 e. The van der Waals surface area contributed by atoms with Crippen molar-refractivity contribution < 1.29 is 0 Å². The van der Waals surface area contributed by atoms with Crippen molar-refractivity contribution in [3.8, 4) is 0 Å². The van der Waals surface area contributed by atoms with Crippen molar-refractivity contribution >= 4 is 5.96 Å². The van der Waals surface area contributed by atoms with Gasteiger partial charge < -0.3 is 10.6 Å². The molecule has 3 heteroatoms. The van der Waals surface area contributed by atoms with Crippen LogP contribution in [0, 0.1) is 23.2 Å². The Bertz CT molecular complexity index is 325. The number of hydrogen-bond donors (Lipinski definition) is 2. The average Bonchev–Trinajstić information content (AvgIpc) is 2.36. The Labute approximate surface area is 110 Å². The van der Waals surface area contributed by atoms with E-state index >= 15 is 0 Å². The number of nitrogens with zero attached hydrogens (tertiary/aromatic N) is 1. The molecule has 1 aliphatic heterocycles. The fourth-order valence-electron chi connectivity index (χ4n) is 5.43. The molecule has 0 saturated heterocycles. The van der Waals surface area contributed by atoms with Crippen molar-refractivity contribution in [2.75, 3.05) is 19.6 Å². The molecule has 0 aromatic carbocycles. The van der Waals surface area contributed by atoms with Crippen LogP contribution in [0.3, 0.4) is 0 Å². The molecule has 1 heterocycles. The number of aliphatic imine (C=N–C) groups is 1. The molecule has 18 heavy (non-hydrogen) atoms. The van der Waals surface area contributed by atoms with E-state index < -0.39 is 0 Å². The molecule has 0 radical (unpaired) electrons. The molecule has 5 rings (SSSR count). The van der Waals surface area contributed by atoms with Gasteiger partial charge in [-0.2, -0.15) is 0 Å². The summed E-state index contributed by atoms with van der Waals surface area (Å²) >= 11 is 0. The molecule has 4 saturated carbocycles. The predicted molar refractivity (Wildman–Crippen MR) is 73.5 cm³/mol. The van der Waals surface area contributed by atoms with Crippen LogP contribution < -0.4 is 10.6 Å². The summed E-state index contributed by atoms with van der Waals surface area (Å²) < 4.78 is 0. The lowest BCUT2D eigenvalue weighted by Crippen LogP contribution is -2.53. The summed E-state index contributed by atoms with van der Waals surface area (Å²) in [7, 11) is 0. The molecular formula is C15H25N3. The van der Waals surface area contributed by atoms with Gasteiger partial charge in [-0.25, -0.2) is 0 Å². The van der Waals surface area contributed by atoms with Gasteiger partial charge in [-0.15, -0.1) is 0 Å². The first kappa shape index (κ1) is 11.1. The molecule has 0 aromatic rings. The molecule has 4 aliphatic carbocycles. The number of rotatable bonds is 2. The lowest BCUT2D eigenvalue weighted by Gasteiger charge is -2.57. The SMILES string of the molecule is C1CN=C(NCC23CC4CC(CC(C4)C2)C3)NC1. The Hall–Kier alpha value is -0.730. The van der Waals surface area contributed by atoms with E-state index in [9.17, 15) is 0 Å². The van der Waals surface area contributed by atoms with Gasteiger partial charge in [0.05, 0.1) is 0 Å². The Kier molecular flexibility index (Phi) is 2.56. The highest BCUT2D eigenvalue weighted by atomic mass is 15.2. The maximum absolute atomic E-state index is 4.54. The van der Waals surface area contributed by atoms with E-state index in [-0.39, 0.29) is 0 Å². The Morgan fingerprint density at radius 2 is 1.78 bits per heavy atom. The highest BCUT2D eigenvalue weighted by Gasteiger charge is 2.50. The average molecular weight is 247 g/mol. The largest absolute Gasteiger partial charge is 0.356 e. The van der Waals surface area contributed by atoms with Crippen LogP contribution in [-0.2, 0) is 0 Å².